The lowest BCUT2D eigenvalue weighted by Gasteiger charge is -2.05. The maximum atomic E-state index is 11.4. The standard InChI is InChI=1S/C17H32O3/c1-2-3-4-10-13-16-20-17(19)14-11-8-6-5-7-9-12-15-18/h15H,2-14,16H2,1H3. The lowest BCUT2D eigenvalue weighted by molar-refractivity contribution is -0.143. The molecule has 0 heterocycles. The van der Waals surface area contributed by atoms with Gasteiger partial charge in [-0.3, -0.25) is 4.79 Å². The first-order valence-electron chi connectivity index (χ1n) is 8.40. The Labute approximate surface area is 124 Å². The van der Waals surface area contributed by atoms with E-state index in [-0.39, 0.29) is 5.97 Å². The molecule has 0 radical (unpaired) electrons. The Morgan fingerprint density at radius 3 is 2.15 bits per heavy atom. The predicted molar refractivity (Wildman–Crippen MR) is 82.7 cm³/mol. The molecule has 0 atom stereocenters. The Bertz CT molecular complexity index is 226. The van der Waals surface area contributed by atoms with Crippen LogP contribution in [-0.2, 0) is 14.3 Å². The zero-order chi connectivity index (χ0) is 14.9. The van der Waals surface area contributed by atoms with Crippen LogP contribution in [0.3, 0.4) is 0 Å². The molecule has 0 unspecified atom stereocenters. The third kappa shape index (κ3) is 15.2. The van der Waals surface area contributed by atoms with Crippen LogP contribution in [0.25, 0.3) is 0 Å². The van der Waals surface area contributed by atoms with Gasteiger partial charge in [0.25, 0.3) is 0 Å². The molecule has 0 aromatic rings. The summed E-state index contributed by atoms with van der Waals surface area (Å²) in [4.78, 5) is 21.6. The van der Waals surface area contributed by atoms with E-state index in [1.165, 1.54) is 32.1 Å². The fourth-order valence-corrected chi connectivity index (χ4v) is 2.17. The summed E-state index contributed by atoms with van der Waals surface area (Å²) in [7, 11) is 0. The van der Waals surface area contributed by atoms with Crippen LogP contribution in [0.1, 0.15) is 90.4 Å². The van der Waals surface area contributed by atoms with Crippen molar-refractivity contribution >= 4 is 12.3 Å². The van der Waals surface area contributed by atoms with Crippen LogP contribution in [-0.4, -0.2) is 18.9 Å². The summed E-state index contributed by atoms with van der Waals surface area (Å²) in [6.45, 7) is 2.79. The molecular weight excluding hydrogens is 252 g/mol. The molecule has 0 N–H and O–H groups in total. The van der Waals surface area contributed by atoms with Gasteiger partial charge in [0.15, 0.2) is 0 Å². The van der Waals surface area contributed by atoms with E-state index in [0.29, 0.717) is 19.4 Å². The molecular formula is C17H32O3. The fraction of sp³-hybridized carbons (Fsp3) is 0.882. The number of hydrogen-bond donors (Lipinski definition) is 0. The second-order valence-corrected chi connectivity index (χ2v) is 5.46. The van der Waals surface area contributed by atoms with Crippen molar-refractivity contribution in [3.05, 3.63) is 0 Å². The molecule has 0 aromatic carbocycles. The van der Waals surface area contributed by atoms with Crippen LogP contribution in [0.5, 0.6) is 0 Å². The first-order valence-corrected chi connectivity index (χ1v) is 8.40. The average Bonchev–Trinajstić information content (AvgIpc) is 2.45. The van der Waals surface area contributed by atoms with Crippen LogP contribution >= 0.6 is 0 Å². The van der Waals surface area contributed by atoms with Crippen molar-refractivity contribution in [2.45, 2.75) is 90.4 Å². The zero-order valence-electron chi connectivity index (χ0n) is 13.2. The minimum atomic E-state index is -0.0403. The summed E-state index contributed by atoms with van der Waals surface area (Å²) in [5.41, 5.74) is 0. The predicted octanol–water partition coefficient (Wildman–Crippen LogP) is 4.82. The number of aldehydes is 1. The minimum absolute atomic E-state index is 0.0403. The molecule has 0 aliphatic carbocycles. The van der Waals surface area contributed by atoms with E-state index in [0.717, 1.165) is 44.8 Å². The van der Waals surface area contributed by atoms with Gasteiger partial charge in [-0.05, 0) is 19.3 Å². The van der Waals surface area contributed by atoms with Gasteiger partial charge in [-0.1, -0.05) is 58.3 Å². The number of ether oxygens (including phenoxy) is 1. The Kier molecular flexibility index (Phi) is 15.5. The molecule has 3 heteroatoms. The lowest BCUT2D eigenvalue weighted by Crippen LogP contribution is -2.05. The van der Waals surface area contributed by atoms with Gasteiger partial charge in [0.05, 0.1) is 6.61 Å². The molecule has 0 aliphatic heterocycles. The van der Waals surface area contributed by atoms with E-state index in [1.54, 1.807) is 0 Å². The summed E-state index contributed by atoms with van der Waals surface area (Å²) in [6.07, 6.45) is 14.6. The van der Waals surface area contributed by atoms with E-state index in [4.69, 9.17) is 4.74 Å². The molecule has 3 nitrogen and oxygen atoms in total. The topological polar surface area (TPSA) is 43.4 Å². The number of hydrogen-bond acceptors (Lipinski definition) is 3. The van der Waals surface area contributed by atoms with Gasteiger partial charge >= 0.3 is 5.97 Å². The molecule has 0 saturated heterocycles. The van der Waals surface area contributed by atoms with E-state index in [1.807, 2.05) is 0 Å². The first kappa shape index (κ1) is 19.1. The Morgan fingerprint density at radius 1 is 0.850 bits per heavy atom. The third-order valence-corrected chi connectivity index (χ3v) is 3.46. The number of unbranched alkanes of at least 4 members (excludes halogenated alkanes) is 10. The molecule has 0 amide bonds. The van der Waals surface area contributed by atoms with Crippen LogP contribution in [0.4, 0.5) is 0 Å². The number of carbonyl (C=O) groups excluding carboxylic acids is 2. The smallest absolute Gasteiger partial charge is 0.305 e. The van der Waals surface area contributed by atoms with Crippen molar-refractivity contribution in [3.8, 4) is 0 Å². The van der Waals surface area contributed by atoms with Gasteiger partial charge < -0.3 is 9.53 Å². The molecule has 0 spiro atoms. The lowest BCUT2D eigenvalue weighted by atomic mass is 10.1. The molecule has 0 fully saturated rings. The van der Waals surface area contributed by atoms with E-state index < -0.39 is 0 Å². The quantitative estimate of drug-likeness (QED) is 0.246. The SMILES string of the molecule is CCCCCCCOC(=O)CCCCCCCCC=O. The highest BCUT2D eigenvalue weighted by atomic mass is 16.5. The second kappa shape index (κ2) is 16.2. The molecule has 0 aromatic heterocycles. The van der Waals surface area contributed by atoms with Gasteiger partial charge in [0.2, 0.25) is 0 Å². The monoisotopic (exact) mass is 284 g/mol. The Hall–Kier alpha value is -0.860. The van der Waals surface area contributed by atoms with Crippen LogP contribution in [0.2, 0.25) is 0 Å². The summed E-state index contributed by atoms with van der Waals surface area (Å²) >= 11 is 0. The zero-order valence-corrected chi connectivity index (χ0v) is 13.2. The molecule has 0 rings (SSSR count). The normalized spacial score (nSPS) is 10.4. The first-order chi connectivity index (χ1) is 9.81. The fourth-order valence-electron chi connectivity index (χ4n) is 2.17. The molecule has 0 aliphatic rings. The molecule has 118 valence electrons. The van der Waals surface area contributed by atoms with Gasteiger partial charge in [-0.15, -0.1) is 0 Å². The van der Waals surface area contributed by atoms with Crippen LogP contribution < -0.4 is 0 Å². The third-order valence-electron chi connectivity index (χ3n) is 3.46. The van der Waals surface area contributed by atoms with Crippen molar-refractivity contribution in [1.29, 1.82) is 0 Å². The number of esters is 1. The van der Waals surface area contributed by atoms with E-state index >= 15 is 0 Å². The highest BCUT2D eigenvalue weighted by Crippen LogP contribution is 2.09. The summed E-state index contributed by atoms with van der Waals surface area (Å²) in [5.74, 6) is -0.0403. The molecule has 0 saturated carbocycles. The second-order valence-electron chi connectivity index (χ2n) is 5.46. The van der Waals surface area contributed by atoms with E-state index in [2.05, 4.69) is 6.92 Å². The summed E-state index contributed by atoms with van der Waals surface area (Å²) in [5, 5.41) is 0. The number of carbonyl (C=O) groups is 2. The van der Waals surface area contributed by atoms with Crippen molar-refractivity contribution in [3.63, 3.8) is 0 Å². The van der Waals surface area contributed by atoms with Crippen LogP contribution in [0.15, 0.2) is 0 Å². The molecule has 0 bridgehead atoms. The Morgan fingerprint density at radius 2 is 1.45 bits per heavy atom. The van der Waals surface area contributed by atoms with E-state index in [9.17, 15) is 9.59 Å². The average molecular weight is 284 g/mol. The highest BCUT2D eigenvalue weighted by Gasteiger charge is 2.02. The van der Waals surface area contributed by atoms with Crippen molar-refractivity contribution in [2.75, 3.05) is 6.61 Å². The number of rotatable bonds is 15. The largest absolute Gasteiger partial charge is 0.466 e. The van der Waals surface area contributed by atoms with Gasteiger partial charge in [0.1, 0.15) is 6.29 Å². The minimum Gasteiger partial charge on any atom is -0.466 e. The maximum Gasteiger partial charge on any atom is 0.305 e. The summed E-state index contributed by atoms with van der Waals surface area (Å²) < 4.78 is 5.20. The highest BCUT2D eigenvalue weighted by molar-refractivity contribution is 5.69. The van der Waals surface area contributed by atoms with Gasteiger partial charge in [-0.25, -0.2) is 0 Å². The Balaban J connectivity index is 3.14. The summed E-state index contributed by atoms with van der Waals surface area (Å²) in [6, 6.07) is 0. The van der Waals surface area contributed by atoms with Gasteiger partial charge in [-0.2, -0.15) is 0 Å². The van der Waals surface area contributed by atoms with Crippen molar-refractivity contribution < 1.29 is 14.3 Å². The van der Waals surface area contributed by atoms with Crippen LogP contribution in [0, 0.1) is 0 Å². The maximum absolute atomic E-state index is 11.4. The van der Waals surface area contributed by atoms with Crippen molar-refractivity contribution in [1.82, 2.24) is 0 Å². The molecule has 20 heavy (non-hydrogen) atoms. The van der Waals surface area contributed by atoms with Crippen molar-refractivity contribution in [2.24, 2.45) is 0 Å². The van der Waals surface area contributed by atoms with Gasteiger partial charge in [0, 0.05) is 12.8 Å².